The first kappa shape index (κ1) is 20.9. The zero-order valence-corrected chi connectivity index (χ0v) is 18.1. The molecule has 0 aliphatic heterocycles. The Bertz CT molecular complexity index is 1120. The first-order chi connectivity index (χ1) is 13.7. The van der Waals surface area contributed by atoms with E-state index in [9.17, 15) is 8.42 Å². The van der Waals surface area contributed by atoms with E-state index in [1.54, 1.807) is 23.7 Å². The summed E-state index contributed by atoms with van der Waals surface area (Å²) >= 11 is 0. The quantitative estimate of drug-likeness (QED) is 0.576. The van der Waals surface area contributed by atoms with Crippen LogP contribution in [0.3, 0.4) is 0 Å². The lowest BCUT2D eigenvalue weighted by molar-refractivity contribution is 0.582. The van der Waals surface area contributed by atoms with Gasteiger partial charge in [-0.1, -0.05) is 12.1 Å². The van der Waals surface area contributed by atoms with Gasteiger partial charge in [-0.15, -0.1) is 10.2 Å². The second-order valence-electron chi connectivity index (χ2n) is 7.08. The average Bonchev–Trinajstić information content (AvgIpc) is 2.95. The van der Waals surface area contributed by atoms with E-state index >= 15 is 0 Å². The highest BCUT2D eigenvalue weighted by atomic mass is 32.2. The Morgan fingerprint density at radius 2 is 1.72 bits per heavy atom. The summed E-state index contributed by atoms with van der Waals surface area (Å²) in [5, 5.41) is 15.9. The number of anilines is 1. The van der Waals surface area contributed by atoms with Crippen molar-refractivity contribution < 1.29 is 8.42 Å². The molecule has 0 atom stereocenters. The van der Waals surface area contributed by atoms with E-state index in [2.05, 4.69) is 25.3 Å². The Morgan fingerprint density at radius 3 is 2.34 bits per heavy atom. The summed E-state index contributed by atoms with van der Waals surface area (Å²) in [6, 6.07) is 9.01. The maximum absolute atomic E-state index is 12.5. The van der Waals surface area contributed by atoms with Crippen molar-refractivity contribution in [1.29, 1.82) is 0 Å². The lowest BCUT2D eigenvalue weighted by Crippen LogP contribution is -2.29. The normalized spacial score (nSPS) is 11.6. The first-order valence-electron chi connectivity index (χ1n) is 9.37. The minimum atomic E-state index is -3.55. The van der Waals surface area contributed by atoms with E-state index in [0.717, 1.165) is 28.1 Å². The van der Waals surface area contributed by atoms with Gasteiger partial charge >= 0.3 is 0 Å². The van der Waals surface area contributed by atoms with Crippen molar-refractivity contribution >= 4 is 15.8 Å². The summed E-state index contributed by atoms with van der Waals surface area (Å²) < 4.78 is 29.4. The summed E-state index contributed by atoms with van der Waals surface area (Å²) in [6.45, 7) is 10.2. The predicted molar refractivity (Wildman–Crippen MR) is 113 cm³/mol. The number of aromatic nitrogens is 4. The maximum atomic E-state index is 12.5. The number of nitrogens with one attached hydrogen (secondary N) is 2. The highest BCUT2D eigenvalue weighted by Crippen LogP contribution is 2.17. The van der Waals surface area contributed by atoms with E-state index in [1.807, 2.05) is 45.9 Å². The van der Waals surface area contributed by atoms with Crippen molar-refractivity contribution in [2.24, 2.45) is 0 Å². The first-order valence-corrected chi connectivity index (χ1v) is 10.8. The van der Waals surface area contributed by atoms with Crippen LogP contribution in [0.5, 0.6) is 0 Å². The van der Waals surface area contributed by atoms with E-state index in [4.69, 9.17) is 0 Å². The Kier molecular flexibility index (Phi) is 5.99. The molecule has 0 bridgehead atoms. The standard InChI is InChI=1S/C20H26N6O2S/c1-13-6-7-14(2)18(12-13)29(27,28)22-11-10-21-19-8-9-20(24-23-19)26-17(5)15(3)16(4)25-26/h6-9,12,22H,10-11H2,1-5H3,(H,21,23). The molecule has 2 N–H and O–H groups in total. The molecule has 2 heterocycles. The summed E-state index contributed by atoms with van der Waals surface area (Å²) in [7, 11) is -3.55. The van der Waals surface area contributed by atoms with Gasteiger partial charge in [0.25, 0.3) is 0 Å². The molecule has 0 aliphatic carbocycles. The van der Waals surface area contributed by atoms with Gasteiger partial charge in [0.2, 0.25) is 10.0 Å². The lowest BCUT2D eigenvalue weighted by Gasteiger charge is -2.11. The molecule has 0 saturated heterocycles. The summed E-state index contributed by atoms with van der Waals surface area (Å²) in [6.07, 6.45) is 0. The largest absolute Gasteiger partial charge is 0.367 e. The molecule has 9 heteroatoms. The van der Waals surface area contributed by atoms with Gasteiger partial charge in [0.05, 0.1) is 10.6 Å². The molecular weight excluding hydrogens is 388 g/mol. The number of sulfonamides is 1. The fourth-order valence-corrected chi connectivity index (χ4v) is 4.29. The van der Waals surface area contributed by atoms with E-state index < -0.39 is 10.0 Å². The number of hydrogen-bond acceptors (Lipinski definition) is 6. The zero-order chi connectivity index (χ0) is 21.2. The predicted octanol–water partition coefficient (Wildman–Crippen LogP) is 2.59. The third-order valence-corrected chi connectivity index (χ3v) is 6.48. The van der Waals surface area contributed by atoms with Crippen molar-refractivity contribution in [2.45, 2.75) is 39.5 Å². The molecule has 0 aliphatic rings. The van der Waals surface area contributed by atoms with E-state index in [0.29, 0.717) is 23.1 Å². The monoisotopic (exact) mass is 414 g/mol. The van der Waals surface area contributed by atoms with Crippen LogP contribution in [0, 0.1) is 34.6 Å². The minimum Gasteiger partial charge on any atom is -0.367 e. The molecule has 3 rings (SSSR count). The Labute approximate surface area is 171 Å². The van der Waals surface area contributed by atoms with Gasteiger partial charge in [0.15, 0.2) is 5.82 Å². The van der Waals surface area contributed by atoms with Crippen LogP contribution in [-0.4, -0.2) is 41.5 Å². The molecular formula is C20H26N6O2S. The Balaban J connectivity index is 1.58. The second-order valence-corrected chi connectivity index (χ2v) is 8.81. The van der Waals surface area contributed by atoms with E-state index in [1.165, 1.54) is 0 Å². The Morgan fingerprint density at radius 1 is 0.966 bits per heavy atom. The number of nitrogens with zero attached hydrogens (tertiary/aromatic N) is 4. The third-order valence-electron chi connectivity index (χ3n) is 4.88. The van der Waals surface area contributed by atoms with Crippen LogP contribution in [0.1, 0.15) is 28.1 Å². The average molecular weight is 415 g/mol. The van der Waals surface area contributed by atoms with Crippen LogP contribution in [0.15, 0.2) is 35.2 Å². The molecule has 29 heavy (non-hydrogen) atoms. The SMILES string of the molecule is Cc1ccc(C)c(S(=O)(=O)NCCNc2ccc(-n3nc(C)c(C)c3C)nn2)c1. The highest BCUT2D eigenvalue weighted by Gasteiger charge is 2.16. The molecule has 1 aromatic carbocycles. The summed E-state index contributed by atoms with van der Waals surface area (Å²) in [5.74, 6) is 1.21. The van der Waals surface area contributed by atoms with Crippen molar-refractivity contribution in [1.82, 2.24) is 24.7 Å². The van der Waals surface area contributed by atoms with Crippen LogP contribution in [0.2, 0.25) is 0 Å². The molecule has 8 nitrogen and oxygen atoms in total. The molecule has 154 valence electrons. The third kappa shape index (κ3) is 4.63. The fraction of sp³-hybridized carbons (Fsp3) is 0.350. The number of hydrogen-bond donors (Lipinski definition) is 2. The van der Waals surface area contributed by atoms with Gasteiger partial charge in [-0.3, -0.25) is 0 Å². The second kappa shape index (κ2) is 8.30. The molecule has 0 radical (unpaired) electrons. The minimum absolute atomic E-state index is 0.232. The molecule has 2 aromatic heterocycles. The van der Waals surface area contributed by atoms with E-state index in [-0.39, 0.29) is 6.54 Å². The van der Waals surface area contributed by atoms with Crippen molar-refractivity contribution in [3.8, 4) is 5.82 Å². The fourth-order valence-electron chi connectivity index (χ4n) is 2.93. The van der Waals surface area contributed by atoms with Crippen molar-refractivity contribution in [3.63, 3.8) is 0 Å². The van der Waals surface area contributed by atoms with Crippen LogP contribution in [0.25, 0.3) is 5.82 Å². The van der Waals surface area contributed by atoms with Gasteiger partial charge in [-0.2, -0.15) is 5.10 Å². The molecule has 0 saturated carbocycles. The lowest BCUT2D eigenvalue weighted by atomic mass is 10.2. The van der Waals surface area contributed by atoms with Gasteiger partial charge in [-0.05, 0) is 69.5 Å². The topological polar surface area (TPSA) is 102 Å². The molecule has 0 spiro atoms. The molecule has 3 aromatic rings. The molecule has 0 amide bonds. The van der Waals surface area contributed by atoms with Crippen LogP contribution in [-0.2, 0) is 10.0 Å². The summed E-state index contributed by atoms with van der Waals surface area (Å²) in [4.78, 5) is 0.307. The van der Waals surface area contributed by atoms with Crippen LogP contribution >= 0.6 is 0 Å². The number of rotatable bonds is 7. The number of aryl methyl sites for hydroxylation is 3. The van der Waals surface area contributed by atoms with Crippen LogP contribution in [0.4, 0.5) is 5.82 Å². The van der Waals surface area contributed by atoms with Crippen molar-refractivity contribution in [2.75, 3.05) is 18.4 Å². The number of benzene rings is 1. The summed E-state index contributed by atoms with van der Waals surface area (Å²) in [5.41, 5.74) is 4.74. The van der Waals surface area contributed by atoms with Gasteiger partial charge in [-0.25, -0.2) is 17.8 Å². The van der Waals surface area contributed by atoms with Gasteiger partial charge in [0.1, 0.15) is 5.82 Å². The zero-order valence-electron chi connectivity index (χ0n) is 17.3. The molecule has 0 unspecified atom stereocenters. The maximum Gasteiger partial charge on any atom is 0.240 e. The van der Waals surface area contributed by atoms with Gasteiger partial charge in [0, 0.05) is 18.8 Å². The Hall–Kier alpha value is -2.78. The van der Waals surface area contributed by atoms with Crippen molar-refractivity contribution in [3.05, 3.63) is 58.4 Å². The highest BCUT2D eigenvalue weighted by molar-refractivity contribution is 7.89. The van der Waals surface area contributed by atoms with Gasteiger partial charge < -0.3 is 5.32 Å². The van der Waals surface area contributed by atoms with Crippen LogP contribution < -0.4 is 10.0 Å². The molecule has 0 fully saturated rings. The smallest absolute Gasteiger partial charge is 0.240 e.